The lowest BCUT2D eigenvalue weighted by Crippen LogP contribution is -2.59. The van der Waals surface area contributed by atoms with E-state index >= 15 is 0 Å². The van der Waals surface area contributed by atoms with Crippen LogP contribution in [0.25, 0.3) is 0 Å². The topological polar surface area (TPSA) is 3.24 Å². The van der Waals surface area contributed by atoms with Gasteiger partial charge in [-0.15, -0.1) is 0 Å². The molecular weight excluding hydrogens is 230 g/mol. The average molecular weight is 255 g/mol. The SMILES string of the molecule is Cc1ccc2c(c1)[C@@]13CCCC[C@H]1[C@@H](C2)N(C)CC3. The van der Waals surface area contributed by atoms with Crippen molar-refractivity contribution in [3.05, 3.63) is 34.9 Å². The van der Waals surface area contributed by atoms with E-state index in [-0.39, 0.29) is 0 Å². The first-order chi connectivity index (χ1) is 9.21. The van der Waals surface area contributed by atoms with Crippen molar-refractivity contribution in [3.63, 3.8) is 0 Å². The van der Waals surface area contributed by atoms with Gasteiger partial charge in [0.2, 0.25) is 0 Å². The fraction of sp³-hybridized carbons (Fsp3) is 0.667. The summed E-state index contributed by atoms with van der Waals surface area (Å²) < 4.78 is 0. The minimum absolute atomic E-state index is 0.537. The Bertz CT molecular complexity index is 506. The van der Waals surface area contributed by atoms with Crippen LogP contribution in [0.15, 0.2) is 18.2 Å². The zero-order valence-electron chi connectivity index (χ0n) is 12.3. The van der Waals surface area contributed by atoms with Crippen molar-refractivity contribution in [3.8, 4) is 0 Å². The monoisotopic (exact) mass is 255 g/mol. The molecule has 1 aromatic carbocycles. The van der Waals surface area contributed by atoms with Crippen LogP contribution in [0.2, 0.25) is 0 Å². The number of likely N-dealkylation sites (N-methyl/N-ethyl adjacent to an activating group) is 1. The number of fused-ring (bicyclic) bond motifs is 1. The van der Waals surface area contributed by atoms with E-state index in [1.807, 2.05) is 0 Å². The highest BCUT2D eigenvalue weighted by Gasteiger charge is 2.52. The quantitative estimate of drug-likeness (QED) is 0.683. The van der Waals surface area contributed by atoms with Gasteiger partial charge in [0.05, 0.1) is 0 Å². The van der Waals surface area contributed by atoms with Gasteiger partial charge in [-0.3, -0.25) is 0 Å². The maximum Gasteiger partial charge on any atom is 0.0169 e. The van der Waals surface area contributed by atoms with Crippen LogP contribution in [0.5, 0.6) is 0 Å². The molecule has 0 radical (unpaired) electrons. The molecular formula is C18H25N. The summed E-state index contributed by atoms with van der Waals surface area (Å²) in [5.41, 5.74) is 5.38. The second kappa shape index (κ2) is 4.09. The Kier molecular flexibility index (Phi) is 2.57. The van der Waals surface area contributed by atoms with Crippen LogP contribution in [0.4, 0.5) is 0 Å². The Labute approximate surface area is 117 Å². The van der Waals surface area contributed by atoms with Crippen molar-refractivity contribution < 1.29 is 0 Å². The van der Waals surface area contributed by atoms with Crippen LogP contribution in [-0.2, 0) is 11.8 Å². The van der Waals surface area contributed by atoms with Gasteiger partial charge < -0.3 is 4.90 Å². The fourth-order valence-corrected chi connectivity index (χ4v) is 5.31. The molecule has 19 heavy (non-hydrogen) atoms. The lowest BCUT2D eigenvalue weighted by molar-refractivity contribution is 0.00283. The van der Waals surface area contributed by atoms with Gasteiger partial charge in [0, 0.05) is 11.5 Å². The number of rotatable bonds is 0. The molecule has 3 atom stereocenters. The predicted molar refractivity (Wildman–Crippen MR) is 79.6 cm³/mol. The third-order valence-corrected chi connectivity index (χ3v) is 6.27. The summed E-state index contributed by atoms with van der Waals surface area (Å²) >= 11 is 0. The van der Waals surface area contributed by atoms with E-state index in [1.165, 1.54) is 50.6 Å². The number of aryl methyl sites for hydroxylation is 1. The Morgan fingerprint density at radius 1 is 1.21 bits per heavy atom. The van der Waals surface area contributed by atoms with Crippen LogP contribution in [0, 0.1) is 12.8 Å². The maximum absolute atomic E-state index is 2.65. The van der Waals surface area contributed by atoms with Crippen molar-refractivity contribution in [1.82, 2.24) is 4.90 Å². The minimum atomic E-state index is 0.537. The first-order valence-corrected chi connectivity index (χ1v) is 8.01. The van der Waals surface area contributed by atoms with Crippen molar-refractivity contribution in [1.29, 1.82) is 0 Å². The molecule has 1 aliphatic heterocycles. The van der Waals surface area contributed by atoms with Crippen LogP contribution in [-0.4, -0.2) is 24.5 Å². The van der Waals surface area contributed by atoms with Gasteiger partial charge in [0.25, 0.3) is 0 Å². The fourth-order valence-electron chi connectivity index (χ4n) is 5.31. The second-order valence-corrected chi connectivity index (χ2v) is 7.17. The van der Waals surface area contributed by atoms with Gasteiger partial charge in [0.15, 0.2) is 0 Å². The Hall–Kier alpha value is -0.820. The molecule has 4 rings (SSSR count). The lowest BCUT2D eigenvalue weighted by atomic mass is 9.52. The predicted octanol–water partition coefficient (Wildman–Crippen LogP) is 3.68. The van der Waals surface area contributed by atoms with Crippen LogP contribution in [0.1, 0.15) is 48.8 Å². The normalized spacial score (nSPS) is 37.6. The highest BCUT2D eigenvalue weighted by molar-refractivity contribution is 5.43. The third kappa shape index (κ3) is 1.57. The molecule has 3 aliphatic rings. The van der Waals surface area contributed by atoms with Gasteiger partial charge in [-0.05, 0) is 63.2 Å². The zero-order chi connectivity index (χ0) is 13.0. The van der Waals surface area contributed by atoms with E-state index in [9.17, 15) is 0 Å². The molecule has 0 N–H and O–H groups in total. The van der Waals surface area contributed by atoms with Crippen LogP contribution in [0.3, 0.4) is 0 Å². The molecule has 1 saturated carbocycles. The summed E-state index contributed by atoms with van der Waals surface area (Å²) in [6, 6.07) is 8.07. The molecule has 1 heterocycles. The van der Waals surface area contributed by atoms with E-state index in [0.29, 0.717) is 5.41 Å². The van der Waals surface area contributed by atoms with E-state index < -0.39 is 0 Å². The Morgan fingerprint density at radius 2 is 2.11 bits per heavy atom. The summed E-state index contributed by atoms with van der Waals surface area (Å²) in [7, 11) is 2.35. The zero-order valence-corrected chi connectivity index (χ0v) is 12.3. The van der Waals surface area contributed by atoms with Gasteiger partial charge in [-0.2, -0.15) is 0 Å². The Balaban J connectivity index is 1.90. The minimum Gasteiger partial charge on any atom is -0.303 e. The highest BCUT2D eigenvalue weighted by atomic mass is 15.1. The first kappa shape index (κ1) is 12.0. The Morgan fingerprint density at radius 3 is 3.00 bits per heavy atom. The van der Waals surface area contributed by atoms with Crippen molar-refractivity contribution in [2.45, 2.75) is 56.9 Å². The maximum atomic E-state index is 2.65. The second-order valence-electron chi connectivity index (χ2n) is 7.17. The molecule has 2 fully saturated rings. The molecule has 0 amide bonds. The van der Waals surface area contributed by atoms with Crippen molar-refractivity contribution >= 4 is 0 Å². The largest absolute Gasteiger partial charge is 0.303 e. The van der Waals surface area contributed by atoms with E-state index in [2.05, 4.69) is 37.1 Å². The lowest BCUT2D eigenvalue weighted by Gasteiger charge is -2.58. The number of likely N-dealkylation sites (tertiary alicyclic amines) is 1. The number of nitrogens with zero attached hydrogens (tertiary/aromatic N) is 1. The standard InChI is InChI=1S/C18H25N/c1-13-6-7-14-12-17-15-5-3-4-8-18(15,16(14)11-13)9-10-19(17)2/h6-7,11,15,17H,3-5,8-10,12H2,1-2H3/t15-,17+,18+/m0/s1. The summed E-state index contributed by atoms with van der Waals surface area (Å²) in [5.74, 6) is 0.925. The van der Waals surface area contributed by atoms with E-state index in [1.54, 1.807) is 11.1 Å². The van der Waals surface area contributed by atoms with Gasteiger partial charge >= 0.3 is 0 Å². The van der Waals surface area contributed by atoms with Gasteiger partial charge in [0.1, 0.15) is 0 Å². The van der Waals surface area contributed by atoms with Gasteiger partial charge in [-0.25, -0.2) is 0 Å². The van der Waals surface area contributed by atoms with Crippen molar-refractivity contribution in [2.75, 3.05) is 13.6 Å². The van der Waals surface area contributed by atoms with Crippen molar-refractivity contribution in [2.24, 2.45) is 5.92 Å². The first-order valence-electron chi connectivity index (χ1n) is 8.01. The summed E-state index contributed by atoms with van der Waals surface area (Å²) in [6.07, 6.45) is 8.48. The molecule has 0 spiro atoms. The number of benzene rings is 1. The van der Waals surface area contributed by atoms with Crippen LogP contribution >= 0.6 is 0 Å². The average Bonchev–Trinajstić information content (AvgIpc) is 2.43. The molecule has 1 saturated heterocycles. The van der Waals surface area contributed by atoms with E-state index in [4.69, 9.17) is 0 Å². The molecule has 1 nitrogen and oxygen atoms in total. The molecule has 102 valence electrons. The molecule has 1 aromatic rings. The van der Waals surface area contributed by atoms with Gasteiger partial charge in [-0.1, -0.05) is 36.6 Å². The summed E-state index contributed by atoms with van der Waals surface area (Å²) in [6.45, 7) is 3.56. The molecule has 2 aliphatic carbocycles. The molecule has 0 unspecified atom stereocenters. The smallest absolute Gasteiger partial charge is 0.0169 e. The number of hydrogen-bond acceptors (Lipinski definition) is 1. The van der Waals surface area contributed by atoms with E-state index in [0.717, 1.165) is 12.0 Å². The third-order valence-electron chi connectivity index (χ3n) is 6.27. The summed E-state index contributed by atoms with van der Waals surface area (Å²) in [5, 5.41) is 0. The summed E-state index contributed by atoms with van der Waals surface area (Å²) in [4.78, 5) is 2.65. The molecule has 0 aromatic heterocycles. The molecule has 2 bridgehead atoms. The number of hydrogen-bond donors (Lipinski definition) is 0. The molecule has 1 heteroatoms. The van der Waals surface area contributed by atoms with Crippen LogP contribution < -0.4 is 0 Å². The number of piperidine rings is 1. The highest BCUT2D eigenvalue weighted by Crippen LogP contribution is 2.55.